The van der Waals surface area contributed by atoms with Crippen LogP contribution in [0.3, 0.4) is 0 Å². The molecule has 0 radical (unpaired) electrons. The van der Waals surface area contributed by atoms with Gasteiger partial charge in [0.15, 0.2) is 0 Å². The lowest BCUT2D eigenvalue weighted by Crippen LogP contribution is -2.54. The number of sulfonamides is 1. The Hall–Kier alpha value is -1.75. The fraction of sp³-hybridized carbons (Fsp3) is 0.562. The van der Waals surface area contributed by atoms with Crippen molar-refractivity contribution in [3.63, 3.8) is 0 Å². The van der Waals surface area contributed by atoms with Crippen molar-refractivity contribution in [2.45, 2.75) is 49.6 Å². The third-order valence-corrected chi connectivity index (χ3v) is 6.05. The topological polar surface area (TPSA) is 136 Å². The summed E-state index contributed by atoms with van der Waals surface area (Å²) in [4.78, 5) is 22.6. The average Bonchev–Trinajstić information content (AvgIpc) is 2.59. The van der Waals surface area contributed by atoms with E-state index in [1.54, 1.807) is 13.8 Å². The lowest BCUT2D eigenvalue weighted by molar-refractivity contribution is -0.384. The largest absolute Gasteiger partial charge is 0.353 e. The van der Waals surface area contributed by atoms with Crippen LogP contribution < -0.4 is 11.1 Å². The highest BCUT2D eigenvalue weighted by atomic mass is 35.5. The Kier molecular flexibility index (Phi) is 7.73. The van der Waals surface area contributed by atoms with Crippen LogP contribution in [0.2, 0.25) is 0 Å². The van der Waals surface area contributed by atoms with Gasteiger partial charge in [-0.3, -0.25) is 14.9 Å². The van der Waals surface area contributed by atoms with Crippen molar-refractivity contribution in [3.05, 3.63) is 34.4 Å². The molecule has 0 bridgehead atoms. The first-order valence-electron chi connectivity index (χ1n) is 8.35. The summed E-state index contributed by atoms with van der Waals surface area (Å²) in [7, 11) is -3.93. The molecule has 3 N–H and O–H groups in total. The minimum Gasteiger partial charge on any atom is -0.353 e. The molecule has 1 amide bonds. The highest BCUT2D eigenvalue weighted by Crippen LogP contribution is 2.26. The summed E-state index contributed by atoms with van der Waals surface area (Å²) in [5, 5.41) is 13.5. The van der Waals surface area contributed by atoms with Gasteiger partial charge >= 0.3 is 0 Å². The lowest BCUT2D eigenvalue weighted by atomic mass is 10.0. The van der Waals surface area contributed by atoms with E-state index in [0.717, 1.165) is 18.6 Å². The second kappa shape index (κ2) is 8.96. The molecule has 0 aliphatic carbocycles. The third-order valence-electron chi connectivity index (χ3n) is 4.13. The number of nitrogens with zero attached hydrogens (tertiary/aromatic N) is 2. The summed E-state index contributed by atoms with van der Waals surface area (Å²) in [6.45, 7) is 3.98. The standard InChI is InChI=1S/C16H24N4O5S.ClH/c1-16(2,17)11-18-15(21)14-5-3-4-10-19(14)26(24,25)13-8-6-12(7-9-13)20(22)23;/h6-9,14H,3-5,10-11,17H2,1-2H3,(H,18,21);1H. The maximum Gasteiger partial charge on any atom is 0.269 e. The zero-order valence-corrected chi connectivity index (χ0v) is 16.9. The van der Waals surface area contributed by atoms with E-state index in [1.165, 1.54) is 16.4 Å². The summed E-state index contributed by atoms with van der Waals surface area (Å²) in [5.74, 6) is -0.381. The Labute approximate surface area is 164 Å². The van der Waals surface area contributed by atoms with Gasteiger partial charge in [-0.1, -0.05) is 6.42 Å². The van der Waals surface area contributed by atoms with E-state index >= 15 is 0 Å². The molecule has 1 atom stereocenters. The van der Waals surface area contributed by atoms with Gasteiger partial charge in [0.1, 0.15) is 6.04 Å². The van der Waals surface area contributed by atoms with Gasteiger partial charge < -0.3 is 11.1 Å². The normalized spacial score (nSPS) is 18.4. The number of nitrogens with two attached hydrogens (primary N) is 1. The van der Waals surface area contributed by atoms with Gasteiger partial charge in [-0.05, 0) is 38.8 Å². The number of carbonyl (C=O) groups excluding carboxylic acids is 1. The molecule has 27 heavy (non-hydrogen) atoms. The number of nitro benzene ring substituents is 1. The van der Waals surface area contributed by atoms with Crippen molar-refractivity contribution < 1.29 is 18.1 Å². The Morgan fingerprint density at radius 1 is 1.33 bits per heavy atom. The number of nitro groups is 1. The molecular formula is C16H25ClN4O5S. The minimum atomic E-state index is -3.93. The zero-order chi connectivity index (χ0) is 19.5. The minimum absolute atomic E-state index is 0. The molecule has 11 heteroatoms. The molecular weight excluding hydrogens is 396 g/mol. The number of amides is 1. The van der Waals surface area contributed by atoms with Crippen molar-refractivity contribution >= 4 is 34.0 Å². The van der Waals surface area contributed by atoms with Crippen LogP contribution in [0.15, 0.2) is 29.2 Å². The molecule has 1 aromatic carbocycles. The fourth-order valence-corrected chi connectivity index (χ4v) is 4.42. The molecule has 0 aromatic heterocycles. The van der Waals surface area contributed by atoms with E-state index in [2.05, 4.69) is 5.32 Å². The molecule has 1 aliphatic rings. The number of non-ortho nitro benzene ring substituents is 1. The fourth-order valence-electron chi connectivity index (χ4n) is 2.76. The number of rotatable bonds is 6. The van der Waals surface area contributed by atoms with Crippen LogP contribution in [0.25, 0.3) is 0 Å². The van der Waals surface area contributed by atoms with Crippen LogP contribution in [-0.2, 0) is 14.8 Å². The number of piperidine rings is 1. The highest BCUT2D eigenvalue weighted by Gasteiger charge is 2.37. The molecule has 152 valence electrons. The summed E-state index contributed by atoms with van der Waals surface area (Å²) in [5.41, 5.74) is 5.06. The van der Waals surface area contributed by atoms with E-state index in [1.807, 2.05) is 0 Å². The van der Waals surface area contributed by atoms with E-state index < -0.39 is 26.5 Å². The summed E-state index contributed by atoms with van der Waals surface area (Å²) in [6.07, 6.45) is 1.82. The molecule has 0 saturated carbocycles. The van der Waals surface area contributed by atoms with Crippen molar-refractivity contribution in [2.75, 3.05) is 13.1 Å². The van der Waals surface area contributed by atoms with Gasteiger partial charge in [0.25, 0.3) is 5.69 Å². The molecule has 1 unspecified atom stereocenters. The van der Waals surface area contributed by atoms with Gasteiger partial charge in [0, 0.05) is 30.8 Å². The predicted octanol–water partition coefficient (Wildman–Crippen LogP) is 1.41. The molecule has 9 nitrogen and oxygen atoms in total. The first kappa shape index (κ1) is 23.3. The number of hydrogen-bond donors (Lipinski definition) is 2. The Bertz CT molecular complexity index is 777. The van der Waals surface area contributed by atoms with E-state index in [9.17, 15) is 23.3 Å². The van der Waals surface area contributed by atoms with Gasteiger partial charge in [-0.2, -0.15) is 4.31 Å². The predicted molar refractivity (Wildman–Crippen MR) is 103 cm³/mol. The van der Waals surface area contributed by atoms with Crippen molar-refractivity contribution in [1.82, 2.24) is 9.62 Å². The first-order chi connectivity index (χ1) is 12.0. The van der Waals surface area contributed by atoms with Crippen LogP contribution in [0.5, 0.6) is 0 Å². The van der Waals surface area contributed by atoms with Crippen LogP contribution >= 0.6 is 12.4 Å². The van der Waals surface area contributed by atoms with Gasteiger partial charge in [-0.25, -0.2) is 8.42 Å². The van der Waals surface area contributed by atoms with Gasteiger partial charge in [0.2, 0.25) is 15.9 Å². The van der Waals surface area contributed by atoms with Gasteiger partial charge in [-0.15, -0.1) is 12.4 Å². The quantitative estimate of drug-likeness (QED) is 0.527. The van der Waals surface area contributed by atoms with Crippen molar-refractivity contribution in [1.29, 1.82) is 0 Å². The number of benzene rings is 1. The highest BCUT2D eigenvalue weighted by molar-refractivity contribution is 7.89. The average molecular weight is 421 g/mol. The second-order valence-corrected chi connectivity index (χ2v) is 8.98. The van der Waals surface area contributed by atoms with E-state index in [0.29, 0.717) is 12.8 Å². The Morgan fingerprint density at radius 2 is 1.93 bits per heavy atom. The molecule has 1 heterocycles. The monoisotopic (exact) mass is 420 g/mol. The molecule has 1 aliphatic heterocycles. The number of nitrogens with one attached hydrogen (secondary N) is 1. The molecule has 0 spiro atoms. The summed E-state index contributed by atoms with van der Waals surface area (Å²) in [6, 6.07) is 3.86. The number of hydrogen-bond acceptors (Lipinski definition) is 6. The first-order valence-corrected chi connectivity index (χ1v) is 9.79. The van der Waals surface area contributed by atoms with Crippen LogP contribution in [0.1, 0.15) is 33.1 Å². The molecule has 2 rings (SSSR count). The maximum absolute atomic E-state index is 12.9. The smallest absolute Gasteiger partial charge is 0.269 e. The van der Waals surface area contributed by atoms with Crippen LogP contribution in [0.4, 0.5) is 5.69 Å². The summed E-state index contributed by atoms with van der Waals surface area (Å²) >= 11 is 0. The van der Waals surface area contributed by atoms with E-state index in [-0.39, 0.29) is 42.0 Å². The van der Waals surface area contributed by atoms with Gasteiger partial charge in [0.05, 0.1) is 9.82 Å². The molecule has 1 fully saturated rings. The number of carbonyl (C=O) groups is 1. The Morgan fingerprint density at radius 3 is 2.44 bits per heavy atom. The molecule has 1 saturated heterocycles. The second-order valence-electron chi connectivity index (χ2n) is 7.08. The third kappa shape index (κ3) is 5.86. The van der Waals surface area contributed by atoms with Crippen LogP contribution in [-0.4, -0.2) is 48.2 Å². The lowest BCUT2D eigenvalue weighted by Gasteiger charge is -2.34. The zero-order valence-electron chi connectivity index (χ0n) is 15.3. The SMILES string of the molecule is CC(C)(N)CNC(=O)C1CCCCN1S(=O)(=O)c1ccc([N+](=O)[O-])cc1.Cl. The summed E-state index contributed by atoms with van der Waals surface area (Å²) < 4.78 is 27.0. The Balaban J connectivity index is 0.00000364. The number of halogens is 1. The van der Waals surface area contributed by atoms with Crippen molar-refractivity contribution in [2.24, 2.45) is 5.73 Å². The van der Waals surface area contributed by atoms with E-state index in [4.69, 9.17) is 5.73 Å². The maximum atomic E-state index is 12.9. The molecule has 1 aromatic rings. The van der Waals surface area contributed by atoms with Crippen LogP contribution in [0, 0.1) is 10.1 Å². The van der Waals surface area contributed by atoms with Crippen molar-refractivity contribution in [3.8, 4) is 0 Å².